The van der Waals surface area contributed by atoms with E-state index in [-0.39, 0.29) is 11.1 Å². The van der Waals surface area contributed by atoms with Crippen LogP contribution < -0.4 is 0 Å². The number of rotatable bonds is 1. The maximum atomic E-state index is 5.31. The third kappa shape index (κ3) is 9.47. The quantitative estimate of drug-likeness (QED) is 0.423. The van der Waals surface area contributed by atoms with Gasteiger partial charge >= 0.3 is 0 Å². The third-order valence-electron chi connectivity index (χ3n) is 0.846. The topological polar surface area (TPSA) is 21.6 Å². The van der Waals surface area contributed by atoms with Gasteiger partial charge in [-0.2, -0.15) is 0 Å². The Hall–Kier alpha value is -0.530. The van der Waals surface area contributed by atoms with Gasteiger partial charge in [0.1, 0.15) is 5.60 Å². The van der Waals surface area contributed by atoms with Gasteiger partial charge < -0.3 is 4.74 Å². The van der Waals surface area contributed by atoms with Crippen molar-refractivity contribution >= 4 is 6.40 Å². The summed E-state index contributed by atoms with van der Waals surface area (Å²) in [5.41, 5.74) is -0.167. The molecular weight excluding hydrogens is 138 g/mol. The Morgan fingerprint density at radius 2 is 1.45 bits per heavy atom. The van der Waals surface area contributed by atoms with Crippen LogP contribution in [0.15, 0.2) is 4.99 Å². The molecule has 0 saturated heterocycles. The maximum Gasteiger partial charge on any atom is 0.170 e. The summed E-state index contributed by atoms with van der Waals surface area (Å²) in [6, 6.07) is 0. The highest BCUT2D eigenvalue weighted by atomic mass is 16.5. The summed E-state index contributed by atoms with van der Waals surface area (Å²) in [7, 11) is 0. The van der Waals surface area contributed by atoms with Crippen LogP contribution in [-0.2, 0) is 4.74 Å². The van der Waals surface area contributed by atoms with Crippen molar-refractivity contribution in [3.63, 3.8) is 0 Å². The molecule has 0 spiro atoms. The SMILES string of the molecule is CC(C)(C)N=COC(C)(C)C. The van der Waals surface area contributed by atoms with Crippen LogP contribution in [0.3, 0.4) is 0 Å². The lowest BCUT2D eigenvalue weighted by atomic mass is 10.1. The lowest BCUT2D eigenvalue weighted by Crippen LogP contribution is -2.19. The number of hydrogen-bond acceptors (Lipinski definition) is 2. The maximum absolute atomic E-state index is 5.31. The predicted molar refractivity (Wildman–Crippen MR) is 49.1 cm³/mol. The highest BCUT2D eigenvalue weighted by molar-refractivity contribution is 5.47. The zero-order valence-electron chi connectivity index (χ0n) is 8.43. The Bertz CT molecular complexity index is 137. The zero-order chi connectivity index (χ0) is 9.12. The minimum Gasteiger partial charge on any atom is -0.478 e. The van der Waals surface area contributed by atoms with Crippen LogP contribution in [0, 0.1) is 0 Å². The first kappa shape index (κ1) is 10.5. The van der Waals surface area contributed by atoms with Crippen LogP contribution in [0.2, 0.25) is 0 Å². The van der Waals surface area contributed by atoms with Gasteiger partial charge in [0.05, 0.1) is 5.54 Å². The van der Waals surface area contributed by atoms with Crippen molar-refractivity contribution in [2.24, 2.45) is 4.99 Å². The smallest absolute Gasteiger partial charge is 0.170 e. The molecule has 0 bridgehead atoms. The second kappa shape index (κ2) is 3.24. The fraction of sp³-hybridized carbons (Fsp3) is 0.889. The minimum absolute atomic E-state index is 0.0365. The highest BCUT2D eigenvalue weighted by Gasteiger charge is 2.10. The van der Waals surface area contributed by atoms with Crippen LogP contribution in [0.4, 0.5) is 0 Å². The minimum atomic E-state index is -0.130. The lowest BCUT2D eigenvalue weighted by Gasteiger charge is -2.18. The molecule has 0 amide bonds. The van der Waals surface area contributed by atoms with Crippen LogP contribution in [-0.4, -0.2) is 17.5 Å². The fourth-order valence-corrected chi connectivity index (χ4v) is 0.343. The Balaban J connectivity index is 3.80. The Morgan fingerprint density at radius 1 is 1.00 bits per heavy atom. The molecule has 0 heterocycles. The number of ether oxygens (including phenoxy) is 1. The van der Waals surface area contributed by atoms with E-state index in [0.717, 1.165) is 0 Å². The van der Waals surface area contributed by atoms with Crippen molar-refractivity contribution < 1.29 is 4.74 Å². The molecule has 2 nitrogen and oxygen atoms in total. The van der Waals surface area contributed by atoms with Crippen molar-refractivity contribution in [2.45, 2.75) is 52.7 Å². The highest BCUT2D eigenvalue weighted by Crippen LogP contribution is 2.08. The van der Waals surface area contributed by atoms with Gasteiger partial charge in [-0.3, -0.25) is 4.99 Å². The van der Waals surface area contributed by atoms with Crippen molar-refractivity contribution in [1.29, 1.82) is 0 Å². The van der Waals surface area contributed by atoms with Gasteiger partial charge in [0.2, 0.25) is 0 Å². The molecule has 0 rings (SSSR count). The molecule has 0 fully saturated rings. The van der Waals surface area contributed by atoms with Crippen LogP contribution in [0.1, 0.15) is 41.5 Å². The standard InChI is InChI=1S/C9H19NO/c1-8(2,3)10-7-11-9(4,5)6/h7H,1-6H3. The summed E-state index contributed by atoms with van der Waals surface area (Å²) < 4.78 is 5.31. The zero-order valence-corrected chi connectivity index (χ0v) is 8.43. The number of nitrogens with zero attached hydrogens (tertiary/aromatic N) is 1. The van der Waals surface area contributed by atoms with Crippen LogP contribution in [0.25, 0.3) is 0 Å². The summed E-state index contributed by atoms with van der Waals surface area (Å²) in [6.07, 6.45) is 1.54. The number of aliphatic imine (C=N–C) groups is 1. The molecule has 0 aliphatic rings. The number of hydrogen-bond donors (Lipinski definition) is 0. The van der Waals surface area contributed by atoms with Crippen molar-refractivity contribution in [1.82, 2.24) is 0 Å². The Morgan fingerprint density at radius 3 is 1.73 bits per heavy atom. The van der Waals surface area contributed by atoms with E-state index >= 15 is 0 Å². The molecule has 0 aliphatic heterocycles. The van der Waals surface area contributed by atoms with E-state index in [4.69, 9.17) is 4.74 Å². The fourth-order valence-electron chi connectivity index (χ4n) is 0.343. The second-order valence-electron chi connectivity index (χ2n) is 4.64. The van der Waals surface area contributed by atoms with E-state index in [1.807, 2.05) is 41.5 Å². The van der Waals surface area contributed by atoms with Crippen molar-refractivity contribution in [3.8, 4) is 0 Å². The van der Waals surface area contributed by atoms with Crippen LogP contribution >= 0.6 is 0 Å². The summed E-state index contributed by atoms with van der Waals surface area (Å²) in [5.74, 6) is 0. The Kier molecular flexibility index (Phi) is 3.09. The molecule has 0 aromatic rings. The van der Waals surface area contributed by atoms with E-state index in [9.17, 15) is 0 Å². The summed E-state index contributed by atoms with van der Waals surface area (Å²) in [4.78, 5) is 4.19. The van der Waals surface area contributed by atoms with E-state index in [1.54, 1.807) is 6.40 Å². The molecule has 66 valence electrons. The molecule has 0 aromatic carbocycles. The van der Waals surface area contributed by atoms with Gasteiger partial charge in [-0.25, -0.2) is 0 Å². The normalized spacial score (nSPS) is 14.0. The first-order valence-electron chi connectivity index (χ1n) is 3.92. The molecule has 0 radical (unpaired) electrons. The van der Waals surface area contributed by atoms with Gasteiger partial charge in [0, 0.05) is 0 Å². The van der Waals surface area contributed by atoms with E-state index < -0.39 is 0 Å². The van der Waals surface area contributed by atoms with Gasteiger partial charge in [0.15, 0.2) is 6.40 Å². The summed E-state index contributed by atoms with van der Waals surface area (Å²) in [5, 5.41) is 0. The van der Waals surface area contributed by atoms with Gasteiger partial charge in [0.25, 0.3) is 0 Å². The van der Waals surface area contributed by atoms with Gasteiger partial charge in [-0.05, 0) is 41.5 Å². The third-order valence-corrected chi connectivity index (χ3v) is 0.846. The largest absolute Gasteiger partial charge is 0.478 e. The average Bonchev–Trinajstić information content (AvgIpc) is 1.55. The van der Waals surface area contributed by atoms with Crippen molar-refractivity contribution in [2.75, 3.05) is 0 Å². The Labute approximate surface area is 69.7 Å². The molecule has 0 atom stereocenters. The predicted octanol–water partition coefficient (Wildman–Crippen LogP) is 2.63. The van der Waals surface area contributed by atoms with Crippen molar-refractivity contribution in [3.05, 3.63) is 0 Å². The van der Waals surface area contributed by atoms with Gasteiger partial charge in [-0.15, -0.1) is 0 Å². The van der Waals surface area contributed by atoms with Crippen LogP contribution in [0.5, 0.6) is 0 Å². The molecular formula is C9H19NO. The molecule has 0 unspecified atom stereocenters. The van der Waals surface area contributed by atoms with E-state index in [0.29, 0.717) is 0 Å². The first-order chi connectivity index (χ1) is 4.71. The van der Waals surface area contributed by atoms with E-state index in [1.165, 1.54) is 0 Å². The summed E-state index contributed by atoms with van der Waals surface area (Å²) >= 11 is 0. The molecule has 0 aliphatic carbocycles. The van der Waals surface area contributed by atoms with Gasteiger partial charge in [-0.1, -0.05) is 0 Å². The molecule has 0 aromatic heterocycles. The summed E-state index contributed by atoms with van der Waals surface area (Å²) in [6.45, 7) is 12.1. The monoisotopic (exact) mass is 157 g/mol. The molecule has 11 heavy (non-hydrogen) atoms. The average molecular weight is 157 g/mol. The molecule has 0 saturated carbocycles. The molecule has 2 heteroatoms. The molecule has 0 N–H and O–H groups in total. The lowest BCUT2D eigenvalue weighted by molar-refractivity contribution is 0.125. The first-order valence-corrected chi connectivity index (χ1v) is 3.92. The second-order valence-corrected chi connectivity index (χ2v) is 4.64. The van der Waals surface area contributed by atoms with E-state index in [2.05, 4.69) is 4.99 Å².